The SMILES string of the molecule is [O-][s+]1ccn2ccnc21. The van der Waals surface area contributed by atoms with Gasteiger partial charge in [0.25, 0.3) is 0 Å². The van der Waals surface area contributed by atoms with E-state index in [0.717, 1.165) is 0 Å². The Morgan fingerprint density at radius 1 is 1.56 bits per heavy atom. The van der Waals surface area contributed by atoms with Crippen LogP contribution in [0.25, 0.3) is 4.96 Å². The first-order valence-electron chi connectivity index (χ1n) is 2.49. The van der Waals surface area contributed by atoms with Crippen molar-refractivity contribution in [2.75, 3.05) is 0 Å². The smallest absolute Gasteiger partial charge is 0.349 e. The van der Waals surface area contributed by atoms with E-state index in [0.29, 0.717) is 4.96 Å². The van der Waals surface area contributed by atoms with Gasteiger partial charge in [-0.25, -0.2) is 0 Å². The molecule has 0 N–H and O–H groups in total. The molecule has 0 radical (unpaired) electrons. The Morgan fingerprint density at radius 3 is 3.22 bits per heavy atom. The molecule has 2 aromatic heterocycles. The molecule has 0 aliphatic rings. The first-order valence-corrected chi connectivity index (χ1v) is 3.71. The van der Waals surface area contributed by atoms with Crippen LogP contribution in [0.3, 0.4) is 0 Å². The Hall–Kier alpha value is -0.870. The van der Waals surface area contributed by atoms with E-state index in [2.05, 4.69) is 4.98 Å². The third kappa shape index (κ3) is 0.571. The highest BCUT2D eigenvalue weighted by Crippen LogP contribution is 2.18. The largest absolute Gasteiger partial charge is 0.588 e. The van der Waals surface area contributed by atoms with Crippen LogP contribution in [0.15, 0.2) is 24.0 Å². The van der Waals surface area contributed by atoms with Gasteiger partial charge in [0.1, 0.15) is 0 Å². The van der Waals surface area contributed by atoms with E-state index < -0.39 is 10.8 Å². The molecule has 0 amide bonds. The maximum Gasteiger partial charge on any atom is 0.349 e. The zero-order valence-electron chi connectivity index (χ0n) is 4.52. The van der Waals surface area contributed by atoms with Crippen LogP contribution in [0.2, 0.25) is 0 Å². The van der Waals surface area contributed by atoms with E-state index in [4.69, 9.17) is 0 Å². The van der Waals surface area contributed by atoms with Gasteiger partial charge in [0, 0.05) is 6.20 Å². The highest BCUT2D eigenvalue weighted by atomic mass is 32.2. The molecule has 0 aliphatic carbocycles. The molecule has 46 valence electrons. The lowest BCUT2D eigenvalue weighted by Gasteiger charge is -1.79. The van der Waals surface area contributed by atoms with Crippen molar-refractivity contribution in [3.63, 3.8) is 0 Å². The molecule has 3 nitrogen and oxygen atoms in total. The first kappa shape index (κ1) is 4.96. The van der Waals surface area contributed by atoms with Gasteiger partial charge in [0.15, 0.2) is 5.38 Å². The van der Waals surface area contributed by atoms with Crippen LogP contribution in [-0.4, -0.2) is 13.9 Å². The summed E-state index contributed by atoms with van der Waals surface area (Å²) in [7, 11) is -0.995. The summed E-state index contributed by atoms with van der Waals surface area (Å²) in [5.74, 6) is 0. The normalized spacial score (nSPS) is 12.8. The molecule has 2 aromatic rings. The predicted octanol–water partition coefficient (Wildman–Crippen LogP) is 1.06. The van der Waals surface area contributed by atoms with Crippen molar-refractivity contribution in [2.45, 2.75) is 0 Å². The summed E-state index contributed by atoms with van der Waals surface area (Å²) in [6.07, 6.45) is 5.16. The van der Waals surface area contributed by atoms with Crippen LogP contribution in [0.1, 0.15) is 0 Å². The minimum absolute atomic E-state index is 0.620. The number of imidazole rings is 1. The minimum Gasteiger partial charge on any atom is -0.588 e. The average Bonchev–Trinajstić information content (AvgIpc) is 2.35. The molecule has 0 saturated carbocycles. The molecule has 0 spiro atoms. The molecule has 0 fully saturated rings. The summed E-state index contributed by atoms with van der Waals surface area (Å²) >= 11 is 0. The Kier molecular flexibility index (Phi) is 0.856. The number of aromatic nitrogens is 2. The molecule has 0 aliphatic heterocycles. The Bertz CT molecular complexity index is 324. The number of thiazole rings is 1. The van der Waals surface area contributed by atoms with Crippen LogP contribution in [0.4, 0.5) is 0 Å². The molecule has 0 saturated heterocycles. The Labute approximate surface area is 54.4 Å². The van der Waals surface area contributed by atoms with Crippen LogP contribution in [0, 0.1) is 0 Å². The van der Waals surface area contributed by atoms with Crippen molar-refractivity contribution < 1.29 is 4.55 Å². The lowest BCUT2D eigenvalue weighted by Crippen LogP contribution is -1.68. The van der Waals surface area contributed by atoms with Gasteiger partial charge in [-0.2, -0.15) is 4.98 Å². The third-order valence-electron chi connectivity index (χ3n) is 1.16. The van der Waals surface area contributed by atoms with Gasteiger partial charge < -0.3 is 4.55 Å². The quantitative estimate of drug-likeness (QED) is 0.513. The maximum absolute atomic E-state index is 10.9. The fourth-order valence-corrected chi connectivity index (χ4v) is 1.61. The summed E-state index contributed by atoms with van der Waals surface area (Å²) in [4.78, 5) is 4.50. The van der Waals surface area contributed by atoms with E-state index in [-0.39, 0.29) is 0 Å². The van der Waals surface area contributed by atoms with Gasteiger partial charge in [-0.15, -0.1) is 0 Å². The topological polar surface area (TPSA) is 40.4 Å². The molecule has 4 heteroatoms. The Morgan fingerprint density at radius 2 is 2.44 bits per heavy atom. The Balaban J connectivity index is 2.99. The summed E-state index contributed by atoms with van der Waals surface area (Å²) < 4.78 is 12.6. The number of rotatable bonds is 0. The zero-order chi connectivity index (χ0) is 6.27. The molecule has 2 heterocycles. The zero-order valence-corrected chi connectivity index (χ0v) is 5.34. The molecule has 2 rings (SSSR count). The number of hydrogen-bond donors (Lipinski definition) is 0. The molecule has 9 heavy (non-hydrogen) atoms. The highest BCUT2D eigenvalue weighted by Gasteiger charge is 2.02. The second kappa shape index (κ2) is 1.55. The van der Waals surface area contributed by atoms with E-state index in [9.17, 15) is 4.55 Å². The summed E-state index contributed by atoms with van der Waals surface area (Å²) in [6.45, 7) is 0. The van der Waals surface area contributed by atoms with Gasteiger partial charge in [-0.1, -0.05) is 0 Å². The number of hydrogen-bond acceptors (Lipinski definition) is 2. The van der Waals surface area contributed by atoms with Gasteiger partial charge in [-0.05, 0) is 10.8 Å². The molecule has 0 bridgehead atoms. The minimum atomic E-state index is -0.995. The van der Waals surface area contributed by atoms with Crippen molar-refractivity contribution in [1.82, 2.24) is 9.38 Å². The number of fused-ring (bicyclic) bond motifs is 1. The lowest BCUT2D eigenvalue weighted by atomic mass is 10.9. The summed E-state index contributed by atoms with van der Waals surface area (Å²) in [5.41, 5.74) is 0. The standard InChI is InChI=1S/C5H4N2OS/c8-9-4-3-7-2-1-6-5(7)9/h1-4H. The van der Waals surface area contributed by atoms with Gasteiger partial charge in [0.05, 0.1) is 12.4 Å². The van der Waals surface area contributed by atoms with Crippen LogP contribution in [-0.2, 0) is 0 Å². The molecule has 1 atom stereocenters. The average molecular weight is 140 g/mol. The van der Waals surface area contributed by atoms with Crippen molar-refractivity contribution in [1.29, 1.82) is 0 Å². The fraction of sp³-hybridized carbons (Fsp3) is 0. The van der Waals surface area contributed by atoms with Crippen molar-refractivity contribution in [2.24, 2.45) is 0 Å². The van der Waals surface area contributed by atoms with Gasteiger partial charge in [-0.3, -0.25) is 4.40 Å². The van der Waals surface area contributed by atoms with Gasteiger partial charge in [0.2, 0.25) is 0 Å². The van der Waals surface area contributed by atoms with E-state index in [1.165, 1.54) is 0 Å². The number of nitrogens with zero attached hydrogens (tertiary/aromatic N) is 2. The van der Waals surface area contributed by atoms with Crippen LogP contribution < -0.4 is 0 Å². The second-order valence-corrected chi connectivity index (χ2v) is 2.93. The third-order valence-corrected chi connectivity index (χ3v) is 2.20. The van der Waals surface area contributed by atoms with Crippen molar-refractivity contribution in [3.05, 3.63) is 24.0 Å². The first-order chi connectivity index (χ1) is 4.38. The van der Waals surface area contributed by atoms with Crippen molar-refractivity contribution in [3.8, 4) is 0 Å². The molecular weight excluding hydrogens is 136 g/mol. The van der Waals surface area contributed by atoms with E-state index >= 15 is 0 Å². The maximum atomic E-state index is 10.9. The summed E-state index contributed by atoms with van der Waals surface area (Å²) in [5, 5.41) is 1.61. The fourth-order valence-electron chi connectivity index (χ4n) is 0.750. The van der Waals surface area contributed by atoms with E-state index in [1.807, 2.05) is 0 Å². The summed E-state index contributed by atoms with van der Waals surface area (Å²) in [6, 6.07) is 0. The predicted molar refractivity (Wildman–Crippen MR) is 33.8 cm³/mol. The molecular formula is C5H4N2OS. The highest BCUT2D eigenvalue weighted by molar-refractivity contribution is 7.28. The van der Waals surface area contributed by atoms with Crippen LogP contribution in [0.5, 0.6) is 0 Å². The lowest BCUT2D eigenvalue weighted by molar-refractivity contribution is 0.599. The monoisotopic (exact) mass is 140 g/mol. The molecule has 1 unspecified atom stereocenters. The molecule has 0 aromatic carbocycles. The second-order valence-electron chi connectivity index (χ2n) is 1.70. The van der Waals surface area contributed by atoms with E-state index in [1.54, 1.807) is 28.4 Å². The van der Waals surface area contributed by atoms with Crippen LogP contribution >= 0.6 is 10.8 Å². The van der Waals surface area contributed by atoms with Gasteiger partial charge >= 0.3 is 4.96 Å². The van der Waals surface area contributed by atoms with Crippen molar-refractivity contribution >= 4 is 15.7 Å².